The topological polar surface area (TPSA) is 0 Å². The molecule has 0 aliphatic carbocycles. The molecule has 2 rings (SSSR count). The van der Waals surface area contributed by atoms with Crippen LogP contribution in [-0.4, -0.2) is 0 Å². The van der Waals surface area contributed by atoms with Crippen LogP contribution in [0, 0.1) is 18.8 Å². The van der Waals surface area contributed by atoms with Gasteiger partial charge in [-0.1, -0.05) is 29.8 Å². The molecule has 16 heavy (non-hydrogen) atoms. The number of benzene rings is 2. The Labute approximate surface area is 149 Å². The second kappa shape index (κ2) is 6.41. The van der Waals surface area contributed by atoms with Crippen LogP contribution in [0.5, 0.6) is 0 Å². The predicted molar refractivity (Wildman–Crippen MR) is 60.4 cm³/mol. The van der Waals surface area contributed by atoms with Gasteiger partial charge in [-0.15, -0.1) is 11.6 Å². The first-order chi connectivity index (χ1) is 7.18. The van der Waals surface area contributed by atoms with Crippen molar-refractivity contribution in [2.75, 3.05) is 0 Å². The summed E-state index contributed by atoms with van der Waals surface area (Å²) in [5.41, 5.74) is 2.78. The zero-order valence-electron chi connectivity index (χ0n) is 9.22. The van der Waals surface area contributed by atoms with Gasteiger partial charge in [0, 0.05) is 5.82 Å². The Morgan fingerprint density at radius 3 is 2.38 bits per heavy atom. The third kappa shape index (κ3) is 3.24. The van der Waals surface area contributed by atoms with E-state index < -0.39 is 5.82 Å². The molecule has 0 atom stereocenters. The van der Waals surface area contributed by atoms with Crippen molar-refractivity contribution in [1.29, 1.82) is 0 Å². The number of aryl methyl sites for hydroxylation is 1. The van der Waals surface area contributed by atoms with Crippen molar-refractivity contribution < 1.29 is 62.6 Å². The Kier molecular flexibility index (Phi) is 5.82. The Hall–Kier alpha value is 0.465. The van der Waals surface area contributed by atoms with Gasteiger partial charge in [-0.3, -0.25) is 0 Å². The molecular formula is C13H9ClFRb. The van der Waals surface area contributed by atoms with Gasteiger partial charge in [-0.2, -0.15) is 23.7 Å². The molecule has 0 aromatic heterocycles. The minimum atomic E-state index is -0.505. The standard InChI is InChI=1S/C13H9ClF.Rb/c1-9-5-7-10(8-6-9)11-3-2-4-12(15)13(11)14;/h2-3,5-8H,1H3;/q-1;+1. The maximum absolute atomic E-state index is 13.2. The van der Waals surface area contributed by atoms with Crippen LogP contribution < -0.4 is 58.2 Å². The Morgan fingerprint density at radius 1 is 1.12 bits per heavy atom. The quantitative estimate of drug-likeness (QED) is 0.696. The molecule has 0 aliphatic heterocycles. The van der Waals surface area contributed by atoms with Crippen molar-refractivity contribution in [2.24, 2.45) is 0 Å². The van der Waals surface area contributed by atoms with Gasteiger partial charge in [0.05, 0.1) is 0 Å². The molecule has 0 heterocycles. The summed E-state index contributed by atoms with van der Waals surface area (Å²) in [6, 6.07) is 13.5. The summed E-state index contributed by atoms with van der Waals surface area (Å²) < 4.78 is 13.2. The summed E-state index contributed by atoms with van der Waals surface area (Å²) in [5, 5.41) is 0.126. The van der Waals surface area contributed by atoms with Crippen LogP contribution in [0.3, 0.4) is 0 Å². The van der Waals surface area contributed by atoms with E-state index in [0.29, 0.717) is 5.56 Å². The molecule has 0 bridgehead atoms. The molecule has 2 aromatic carbocycles. The third-order valence-electron chi connectivity index (χ3n) is 2.25. The summed E-state index contributed by atoms with van der Waals surface area (Å²) in [7, 11) is 0. The van der Waals surface area contributed by atoms with Crippen molar-refractivity contribution >= 4 is 11.6 Å². The van der Waals surface area contributed by atoms with Crippen LogP contribution in [0.25, 0.3) is 11.1 Å². The van der Waals surface area contributed by atoms with E-state index in [0.717, 1.165) is 11.1 Å². The maximum Gasteiger partial charge on any atom is 1.00 e. The number of hydrogen-bond donors (Lipinski definition) is 0. The van der Waals surface area contributed by atoms with Gasteiger partial charge >= 0.3 is 58.2 Å². The van der Waals surface area contributed by atoms with E-state index in [1.54, 1.807) is 6.07 Å². The minimum absolute atomic E-state index is 0. The van der Waals surface area contributed by atoms with Crippen LogP contribution in [0.15, 0.2) is 36.4 Å². The van der Waals surface area contributed by atoms with Crippen molar-refractivity contribution in [3.05, 3.63) is 58.9 Å². The molecule has 0 spiro atoms. The molecule has 0 nitrogen and oxygen atoms in total. The zero-order valence-corrected chi connectivity index (χ0v) is 14.9. The monoisotopic (exact) mass is 304 g/mol. The van der Waals surface area contributed by atoms with Gasteiger partial charge in [0.1, 0.15) is 0 Å². The molecule has 0 fully saturated rings. The number of hydrogen-bond acceptors (Lipinski definition) is 0. The van der Waals surface area contributed by atoms with Crippen LogP contribution >= 0.6 is 11.6 Å². The molecule has 76 valence electrons. The summed E-state index contributed by atoms with van der Waals surface area (Å²) >= 11 is 5.86. The van der Waals surface area contributed by atoms with Gasteiger partial charge in [-0.05, 0) is 17.5 Å². The molecule has 0 saturated carbocycles. The van der Waals surface area contributed by atoms with E-state index in [9.17, 15) is 4.39 Å². The van der Waals surface area contributed by atoms with E-state index in [2.05, 4.69) is 6.07 Å². The molecular weight excluding hydrogens is 296 g/mol. The molecule has 2 aromatic rings. The van der Waals surface area contributed by atoms with Crippen molar-refractivity contribution in [3.63, 3.8) is 0 Å². The van der Waals surface area contributed by atoms with Gasteiger partial charge in [0.25, 0.3) is 0 Å². The fourth-order valence-corrected chi connectivity index (χ4v) is 1.64. The average molecular weight is 305 g/mol. The molecule has 0 saturated heterocycles. The van der Waals surface area contributed by atoms with Gasteiger partial charge in [-0.25, -0.2) is 4.39 Å². The molecule has 3 heteroatoms. The first-order valence-electron chi connectivity index (χ1n) is 4.61. The summed E-state index contributed by atoms with van der Waals surface area (Å²) in [6.45, 7) is 2.00. The van der Waals surface area contributed by atoms with Crippen LogP contribution in [0.4, 0.5) is 4.39 Å². The summed E-state index contributed by atoms with van der Waals surface area (Å²) in [4.78, 5) is 0. The van der Waals surface area contributed by atoms with Gasteiger partial charge < -0.3 is 0 Å². The number of halogens is 2. The second-order valence-electron chi connectivity index (χ2n) is 3.39. The number of rotatable bonds is 1. The molecule has 0 aliphatic rings. The fourth-order valence-electron chi connectivity index (χ4n) is 1.41. The molecule has 0 unspecified atom stereocenters. The van der Waals surface area contributed by atoms with E-state index >= 15 is 0 Å². The molecule has 0 N–H and O–H groups in total. The summed E-state index contributed by atoms with van der Waals surface area (Å²) in [6.07, 6.45) is 0. The smallest absolute Gasteiger partial charge is 0.235 e. The zero-order chi connectivity index (χ0) is 10.8. The van der Waals surface area contributed by atoms with E-state index in [1.165, 1.54) is 6.07 Å². The average Bonchev–Trinajstić information content (AvgIpc) is 2.24. The van der Waals surface area contributed by atoms with E-state index in [-0.39, 0.29) is 63.2 Å². The fraction of sp³-hybridized carbons (Fsp3) is 0.0769. The Morgan fingerprint density at radius 2 is 1.75 bits per heavy atom. The van der Waals surface area contributed by atoms with Crippen molar-refractivity contribution in [1.82, 2.24) is 0 Å². The van der Waals surface area contributed by atoms with E-state index in [4.69, 9.17) is 11.6 Å². The Balaban J connectivity index is 0.00000128. The molecule has 0 radical (unpaired) electrons. The van der Waals surface area contributed by atoms with Crippen molar-refractivity contribution in [2.45, 2.75) is 6.92 Å². The largest absolute Gasteiger partial charge is 1.00 e. The maximum atomic E-state index is 13.2. The van der Waals surface area contributed by atoms with Gasteiger partial charge in [0.15, 0.2) is 0 Å². The summed E-state index contributed by atoms with van der Waals surface area (Å²) in [5.74, 6) is -0.505. The second-order valence-corrected chi connectivity index (χ2v) is 3.76. The van der Waals surface area contributed by atoms with Crippen LogP contribution in [-0.2, 0) is 0 Å². The normalized spacial score (nSPS) is 9.69. The predicted octanol–water partition coefficient (Wildman–Crippen LogP) is 1.26. The first-order valence-corrected chi connectivity index (χ1v) is 4.99. The minimum Gasteiger partial charge on any atom is -0.235 e. The Bertz CT molecular complexity index is 480. The van der Waals surface area contributed by atoms with Crippen LogP contribution in [0.1, 0.15) is 5.56 Å². The molecule has 0 amide bonds. The van der Waals surface area contributed by atoms with Crippen molar-refractivity contribution in [3.8, 4) is 11.1 Å². The van der Waals surface area contributed by atoms with Gasteiger partial charge in [0.2, 0.25) is 0 Å². The SMILES string of the molecule is Cc1ccc(-c2cc[c-]c(F)c2Cl)cc1.[Rb+]. The first kappa shape index (κ1) is 14.5. The van der Waals surface area contributed by atoms with E-state index in [1.807, 2.05) is 31.2 Å². The third-order valence-corrected chi connectivity index (χ3v) is 2.62. The van der Waals surface area contributed by atoms with Crippen LogP contribution in [0.2, 0.25) is 5.02 Å².